The highest BCUT2D eigenvalue weighted by Crippen LogP contribution is 2.19. The smallest absolute Gasteiger partial charge is 0.346 e. The Morgan fingerprint density at radius 2 is 2.22 bits per heavy atom. The minimum Gasteiger partial charge on any atom is -0.477 e. The number of carboxylic acids is 1. The Bertz CT molecular complexity index is 557. The SMILES string of the molecule is CCc1cc(CC)n(Cc2ccsc2C(=O)O)n1. The van der Waals surface area contributed by atoms with Crippen LogP contribution in [0.1, 0.15) is 40.5 Å². The Morgan fingerprint density at radius 1 is 1.44 bits per heavy atom. The van der Waals surface area contributed by atoms with E-state index in [0.717, 1.165) is 29.8 Å². The van der Waals surface area contributed by atoms with Crippen molar-refractivity contribution in [3.05, 3.63) is 39.3 Å². The number of nitrogens with zero attached hydrogens (tertiary/aromatic N) is 2. The summed E-state index contributed by atoms with van der Waals surface area (Å²) in [4.78, 5) is 11.5. The second-order valence-electron chi connectivity index (χ2n) is 4.07. The predicted octanol–water partition coefficient (Wildman–Crippen LogP) is 2.82. The molecule has 18 heavy (non-hydrogen) atoms. The van der Waals surface area contributed by atoms with Gasteiger partial charge < -0.3 is 5.11 Å². The molecule has 2 rings (SSSR count). The van der Waals surface area contributed by atoms with E-state index in [1.54, 1.807) is 0 Å². The van der Waals surface area contributed by atoms with Crippen LogP contribution in [0.25, 0.3) is 0 Å². The molecule has 0 radical (unpaired) electrons. The predicted molar refractivity (Wildman–Crippen MR) is 71.4 cm³/mol. The number of carbonyl (C=O) groups is 1. The van der Waals surface area contributed by atoms with E-state index < -0.39 is 5.97 Å². The lowest BCUT2D eigenvalue weighted by molar-refractivity contribution is 0.0701. The normalized spacial score (nSPS) is 10.8. The number of hydrogen-bond acceptors (Lipinski definition) is 3. The van der Waals surface area contributed by atoms with E-state index in [9.17, 15) is 4.79 Å². The van der Waals surface area contributed by atoms with Gasteiger partial charge in [-0.1, -0.05) is 13.8 Å². The van der Waals surface area contributed by atoms with E-state index in [1.807, 2.05) is 16.1 Å². The summed E-state index contributed by atoms with van der Waals surface area (Å²) >= 11 is 1.26. The molecule has 0 amide bonds. The van der Waals surface area contributed by atoms with Crippen molar-refractivity contribution in [3.63, 3.8) is 0 Å². The topological polar surface area (TPSA) is 55.1 Å². The second-order valence-corrected chi connectivity index (χ2v) is 4.99. The van der Waals surface area contributed by atoms with E-state index in [1.165, 1.54) is 11.3 Å². The van der Waals surface area contributed by atoms with E-state index in [4.69, 9.17) is 5.11 Å². The molecule has 5 heteroatoms. The van der Waals surface area contributed by atoms with Gasteiger partial charge in [-0.3, -0.25) is 4.68 Å². The maximum Gasteiger partial charge on any atom is 0.346 e. The summed E-state index contributed by atoms with van der Waals surface area (Å²) in [5.41, 5.74) is 3.03. The lowest BCUT2D eigenvalue weighted by Gasteiger charge is -2.05. The highest BCUT2D eigenvalue weighted by Gasteiger charge is 2.14. The molecule has 0 aromatic carbocycles. The summed E-state index contributed by atoms with van der Waals surface area (Å²) in [6.45, 7) is 4.69. The first-order chi connectivity index (χ1) is 8.65. The Balaban J connectivity index is 2.30. The van der Waals surface area contributed by atoms with Gasteiger partial charge in [-0.25, -0.2) is 4.79 Å². The number of rotatable bonds is 5. The van der Waals surface area contributed by atoms with Crippen molar-refractivity contribution >= 4 is 17.3 Å². The molecule has 2 aromatic heterocycles. The summed E-state index contributed by atoms with van der Waals surface area (Å²) in [5, 5.41) is 15.4. The van der Waals surface area contributed by atoms with Crippen LogP contribution in [0.4, 0.5) is 0 Å². The van der Waals surface area contributed by atoms with Crippen LogP contribution in [-0.4, -0.2) is 20.9 Å². The molecule has 0 aliphatic heterocycles. The minimum absolute atomic E-state index is 0.408. The molecule has 96 valence electrons. The maximum atomic E-state index is 11.1. The maximum absolute atomic E-state index is 11.1. The zero-order valence-corrected chi connectivity index (χ0v) is 11.3. The van der Waals surface area contributed by atoms with Crippen molar-refractivity contribution in [3.8, 4) is 0 Å². The number of carboxylic acid groups (broad SMARTS) is 1. The van der Waals surface area contributed by atoms with Crippen molar-refractivity contribution in [2.45, 2.75) is 33.2 Å². The number of aromatic carboxylic acids is 1. The first kappa shape index (κ1) is 12.8. The Kier molecular flexibility index (Phi) is 3.81. The summed E-state index contributed by atoms with van der Waals surface area (Å²) in [5.74, 6) is -0.860. The summed E-state index contributed by atoms with van der Waals surface area (Å²) in [6.07, 6.45) is 1.80. The fraction of sp³-hybridized carbons (Fsp3) is 0.385. The minimum atomic E-state index is -0.860. The van der Waals surface area contributed by atoms with Gasteiger partial charge >= 0.3 is 5.97 Å². The molecule has 0 fully saturated rings. The van der Waals surface area contributed by atoms with Crippen LogP contribution in [0.5, 0.6) is 0 Å². The van der Waals surface area contributed by atoms with Crippen LogP contribution in [0, 0.1) is 0 Å². The van der Waals surface area contributed by atoms with Crippen molar-refractivity contribution < 1.29 is 9.90 Å². The quantitative estimate of drug-likeness (QED) is 0.903. The van der Waals surface area contributed by atoms with Crippen LogP contribution in [0.3, 0.4) is 0 Å². The third-order valence-corrected chi connectivity index (χ3v) is 3.84. The summed E-state index contributed by atoms with van der Waals surface area (Å²) in [7, 11) is 0. The molecule has 4 nitrogen and oxygen atoms in total. The molecule has 0 atom stereocenters. The van der Waals surface area contributed by atoms with E-state index in [0.29, 0.717) is 11.4 Å². The standard InChI is InChI=1S/C13H16N2O2S/c1-3-10-7-11(4-2)15(14-10)8-9-5-6-18-12(9)13(16)17/h5-7H,3-4,8H2,1-2H3,(H,16,17). The zero-order chi connectivity index (χ0) is 13.1. The Hall–Kier alpha value is -1.62. The molecule has 2 aromatic rings. The molecule has 2 heterocycles. The summed E-state index contributed by atoms with van der Waals surface area (Å²) < 4.78 is 1.91. The molecule has 0 unspecified atom stereocenters. The van der Waals surface area contributed by atoms with Crippen LogP contribution in [0.2, 0.25) is 0 Å². The molecule has 0 aliphatic rings. The monoisotopic (exact) mass is 264 g/mol. The van der Waals surface area contributed by atoms with Crippen LogP contribution in [-0.2, 0) is 19.4 Å². The van der Waals surface area contributed by atoms with Gasteiger partial charge in [0.2, 0.25) is 0 Å². The molecular formula is C13H16N2O2S. The fourth-order valence-electron chi connectivity index (χ4n) is 1.92. The number of hydrogen-bond donors (Lipinski definition) is 1. The van der Waals surface area contributed by atoms with Crippen molar-refractivity contribution in [2.75, 3.05) is 0 Å². The number of thiophene rings is 1. The van der Waals surface area contributed by atoms with Gasteiger partial charge in [0, 0.05) is 5.69 Å². The van der Waals surface area contributed by atoms with Gasteiger partial charge in [-0.15, -0.1) is 11.3 Å². The van der Waals surface area contributed by atoms with Gasteiger partial charge in [-0.05, 0) is 35.9 Å². The molecule has 0 aliphatic carbocycles. The third kappa shape index (κ3) is 2.46. The fourth-order valence-corrected chi connectivity index (χ4v) is 2.67. The Labute approximate surface area is 110 Å². The zero-order valence-electron chi connectivity index (χ0n) is 10.5. The van der Waals surface area contributed by atoms with Gasteiger partial charge in [0.25, 0.3) is 0 Å². The lowest BCUT2D eigenvalue weighted by atomic mass is 10.2. The second kappa shape index (κ2) is 5.35. The molecule has 0 bridgehead atoms. The summed E-state index contributed by atoms with van der Waals surface area (Å²) in [6, 6.07) is 3.95. The number of aromatic nitrogens is 2. The largest absolute Gasteiger partial charge is 0.477 e. The highest BCUT2D eigenvalue weighted by molar-refractivity contribution is 7.12. The highest BCUT2D eigenvalue weighted by atomic mass is 32.1. The van der Waals surface area contributed by atoms with E-state index >= 15 is 0 Å². The molecule has 0 saturated heterocycles. The van der Waals surface area contributed by atoms with Gasteiger partial charge in [0.05, 0.1) is 12.2 Å². The molecule has 0 spiro atoms. The van der Waals surface area contributed by atoms with Crippen molar-refractivity contribution in [2.24, 2.45) is 0 Å². The van der Waals surface area contributed by atoms with Gasteiger partial charge in [-0.2, -0.15) is 5.10 Å². The first-order valence-corrected chi connectivity index (χ1v) is 6.88. The average molecular weight is 264 g/mol. The van der Waals surface area contributed by atoms with Crippen molar-refractivity contribution in [1.29, 1.82) is 0 Å². The Morgan fingerprint density at radius 3 is 2.83 bits per heavy atom. The first-order valence-electron chi connectivity index (χ1n) is 6.01. The van der Waals surface area contributed by atoms with Crippen LogP contribution in [0.15, 0.2) is 17.5 Å². The lowest BCUT2D eigenvalue weighted by Crippen LogP contribution is -2.08. The third-order valence-electron chi connectivity index (χ3n) is 2.90. The van der Waals surface area contributed by atoms with Crippen molar-refractivity contribution in [1.82, 2.24) is 9.78 Å². The van der Waals surface area contributed by atoms with E-state index in [-0.39, 0.29) is 0 Å². The van der Waals surface area contributed by atoms with Gasteiger partial charge in [0.15, 0.2) is 0 Å². The molecule has 0 saturated carbocycles. The van der Waals surface area contributed by atoms with E-state index in [2.05, 4.69) is 25.0 Å². The van der Waals surface area contributed by atoms with Crippen LogP contribution < -0.4 is 0 Å². The molecular weight excluding hydrogens is 248 g/mol. The van der Waals surface area contributed by atoms with Gasteiger partial charge in [0.1, 0.15) is 4.88 Å². The molecule has 1 N–H and O–H groups in total. The van der Waals surface area contributed by atoms with Crippen LogP contribution >= 0.6 is 11.3 Å². The average Bonchev–Trinajstić information content (AvgIpc) is 2.95. The number of aryl methyl sites for hydroxylation is 2.